The van der Waals surface area contributed by atoms with E-state index in [-0.39, 0.29) is 11.6 Å². The number of methoxy groups -OCH3 is 1. The largest absolute Gasteiger partial charge is 0.497 e. The van der Waals surface area contributed by atoms with Gasteiger partial charge in [-0.15, -0.1) is 0 Å². The topological polar surface area (TPSA) is 44.5 Å². The monoisotopic (exact) mass is 289 g/mol. The number of nitrogens with two attached hydrogens (primary N) is 1. The van der Waals surface area contributed by atoms with E-state index >= 15 is 0 Å². The Morgan fingerprint density at radius 2 is 2.10 bits per heavy atom. The molecule has 0 amide bonds. The molecule has 3 nitrogen and oxygen atoms in total. The van der Waals surface area contributed by atoms with Gasteiger partial charge in [-0.1, -0.05) is 19.8 Å². The average molecular weight is 289 g/mol. The van der Waals surface area contributed by atoms with Gasteiger partial charge in [0.25, 0.3) is 0 Å². The van der Waals surface area contributed by atoms with Crippen LogP contribution in [0.5, 0.6) is 11.5 Å². The van der Waals surface area contributed by atoms with Gasteiger partial charge in [0.2, 0.25) is 0 Å². The fraction of sp³-hybridized carbons (Fsp3) is 0.667. The summed E-state index contributed by atoms with van der Waals surface area (Å²) in [6.07, 6.45) is 8.45. The summed E-state index contributed by atoms with van der Waals surface area (Å²) in [5.74, 6) is 2.71. The maximum Gasteiger partial charge on any atom is 0.125 e. The molecule has 3 rings (SSSR count). The molecular weight excluding hydrogens is 262 g/mol. The lowest BCUT2D eigenvalue weighted by Crippen LogP contribution is -2.45. The average Bonchev–Trinajstić information content (AvgIpc) is 2.50. The van der Waals surface area contributed by atoms with Crippen LogP contribution in [0, 0.1) is 5.92 Å². The zero-order chi connectivity index (χ0) is 14.9. The van der Waals surface area contributed by atoms with E-state index < -0.39 is 0 Å². The second-order valence-corrected chi connectivity index (χ2v) is 6.73. The summed E-state index contributed by atoms with van der Waals surface area (Å²) in [5, 5.41) is 0. The predicted octanol–water partition coefficient (Wildman–Crippen LogP) is 4.21. The van der Waals surface area contributed by atoms with Crippen molar-refractivity contribution < 1.29 is 9.47 Å². The van der Waals surface area contributed by atoms with Crippen LogP contribution in [-0.2, 0) is 0 Å². The summed E-state index contributed by atoms with van der Waals surface area (Å²) < 4.78 is 11.7. The molecule has 1 spiro atoms. The number of rotatable bonds is 3. The molecule has 2 N–H and O–H groups in total. The van der Waals surface area contributed by atoms with E-state index in [0.717, 1.165) is 42.2 Å². The molecule has 1 fully saturated rings. The summed E-state index contributed by atoms with van der Waals surface area (Å²) in [7, 11) is 1.69. The number of ether oxygens (including phenoxy) is 2. The normalized spacial score (nSPS) is 31.6. The standard InChI is InChI=1S/C18H27NO2/c1-3-4-13-7-9-18(10-8-13)12-16(19)15-11-14(20-2)5-6-17(15)21-18/h5-6,11,13,16H,3-4,7-10,12,19H2,1-2H3/t13?,16-,18?/m0/s1. The van der Waals surface area contributed by atoms with Crippen molar-refractivity contribution in [1.29, 1.82) is 0 Å². The van der Waals surface area contributed by atoms with Gasteiger partial charge < -0.3 is 15.2 Å². The van der Waals surface area contributed by atoms with E-state index in [9.17, 15) is 0 Å². The summed E-state index contributed by atoms with van der Waals surface area (Å²) in [6, 6.07) is 6.07. The maximum atomic E-state index is 6.43. The van der Waals surface area contributed by atoms with Gasteiger partial charge in [-0.3, -0.25) is 0 Å². The van der Waals surface area contributed by atoms with Gasteiger partial charge in [-0.2, -0.15) is 0 Å². The molecule has 3 heteroatoms. The molecule has 1 saturated carbocycles. The maximum absolute atomic E-state index is 6.43. The number of fused-ring (bicyclic) bond motifs is 1. The minimum atomic E-state index is -0.0226. The Morgan fingerprint density at radius 3 is 2.76 bits per heavy atom. The minimum Gasteiger partial charge on any atom is -0.497 e. The number of hydrogen-bond acceptors (Lipinski definition) is 3. The first-order valence-electron chi connectivity index (χ1n) is 8.28. The highest BCUT2D eigenvalue weighted by molar-refractivity contribution is 5.44. The molecule has 0 aromatic heterocycles. The first-order chi connectivity index (χ1) is 10.2. The summed E-state index contributed by atoms with van der Waals surface area (Å²) in [4.78, 5) is 0. The predicted molar refractivity (Wildman–Crippen MR) is 84.8 cm³/mol. The van der Waals surface area contributed by atoms with Crippen LogP contribution in [0.2, 0.25) is 0 Å². The first kappa shape index (κ1) is 14.7. The molecule has 0 unspecified atom stereocenters. The minimum absolute atomic E-state index is 0.0226. The Balaban J connectivity index is 1.76. The molecule has 1 heterocycles. The van der Waals surface area contributed by atoms with Crippen molar-refractivity contribution in [3.63, 3.8) is 0 Å². The second-order valence-electron chi connectivity index (χ2n) is 6.73. The van der Waals surface area contributed by atoms with Crippen molar-refractivity contribution >= 4 is 0 Å². The van der Waals surface area contributed by atoms with Crippen LogP contribution in [0.3, 0.4) is 0 Å². The van der Waals surface area contributed by atoms with Crippen LogP contribution in [0.4, 0.5) is 0 Å². The lowest BCUT2D eigenvalue weighted by molar-refractivity contribution is -0.0116. The highest BCUT2D eigenvalue weighted by Crippen LogP contribution is 2.47. The van der Waals surface area contributed by atoms with Gasteiger partial charge in [0.1, 0.15) is 17.1 Å². The molecule has 1 aliphatic carbocycles. The van der Waals surface area contributed by atoms with E-state index in [1.807, 2.05) is 18.2 Å². The van der Waals surface area contributed by atoms with E-state index in [0.29, 0.717) is 0 Å². The molecule has 0 saturated heterocycles. The molecule has 0 bridgehead atoms. The Labute approximate surface area is 127 Å². The van der Waals surface area contributed by atoms with Crippen LogP contribution in [0.1, 0.15) is 63.5 Å². The summed E-state index contributed by atoms with van der Waals surface area (Å²) in [6.45, 7) is 2.28. The fourth-order valence-corrected chi connectivity index (χ4v) is 4.03. The fourth-order valence-electron chi connectivity index (χ4n) is 4.03. The SMILES string of the molecule is CCCC1CCC2(CC1)C[C@H](N)c1cc(OC)ccc1O2. The zero-order valence-electron chi connectivity index (χ0n) is 13.2. The van der Waals surface area contributed by atoms with Gasteiger partial charge >= 0.3 is 0 Å². The Bertz CT molecular complexity index is 492. The van der Waals surface area contributed by atoms with Gasteiger partial charge in [0.05, 0.1) is 7.11 Å². The first-order valence-corrected chi connectivity index (χ1v) is 8.28. The molecule has 1 atom stereocenters. The Morgan fingerprint density at radius 1 is 1.33 bits per heavy atom. The molecule has 1 aromatic rings. The zero-order valence-corrected chi connectivity index (χ0v) is 13.2. The molecule has 2 aliphatic rings. The Kier molecular flexibility index (Phi) is 4.12. The number of hydrogen-bond donors (Lipinski definition) is 1. The smallest absolute Gasteiger partial charge is 0.125 e. The van der Waals surface area contributed by atoms with E-state index in [2.05, 4.69) is 6.92 Å². The van der Waals surface area contributed by atoms with Crippen LogP contribution in [0.25, 0.3) is 0 Å². The number of benzene rings is 1. The van der Waals surface area contributed by atoms with Gasteiger partial charge in [0.15, 0.2) is 0 Å². The second kappa shape index (κ2) is 5.88. The van der Waals surface area contributed by atoms with Crippen molar-refractivity contribution in [2.45, 2.75) is 63.5 Å². The molecule has 21 heavy (non-hydrogen) atoms. The van der Waals surface area contributed by atoms with Crippen LogP contribution < -0.4 is 15.2 Å². The third kappa shape index (κ3) is 2.89. The lowest BCUT2D eigenvalue weighted by Gasteiger charge is -2.45. The van der Waals surface area contributed by atoms with Gasteiger partial charge in [-0.05, 0) is 49.8 Å². The third-order valence-electron chi connectivity index (χ3n) is 5.25. The third-order valence-corrected chi connectivity index (χ3v) is 5.25. The summed E-state index contributed by atoms with van der Waals surface area (Å²) >= 11 is 0. The van der Waals surface area contributed by atoms with Gasteiger partial charge in [0, 0.05) is 18.0 Å². The van der Waals surface area contributed by atoms with E-state index in [1.165, 1.54) is 25.7 Å². The molecule has 116 valence electrons. The quantitative estimate of drug-likeness (QED) is 0.906. The van der Waals surface area contributed by atoms with E-state index in [1.54, 1.807) is 7.11 Å². The van der Waals surface area contributed by atoms with Crippen LogP contribution in [0.15, 0.2) is 18.2 Å². The Hall–Kier alpha value is -1.22. The van der Waals surface area contributed by atoms with Crippen LogP contribution in [-0.4, -0.2) is 12.7 Å². The van der Waals surface area contributed by atoms with Crippen molar-refractivity contribution in [2.24, 2.45) is 11.7 Å². The van der Waals surface area contributed by atoms with E-state index in [4.69, 9.17) is 15.2 Å². The molecular formula is C18H27NO2. The molecule has 1 aromatic carbocycles. The molecule has 0 radical (unpaired) electrons. The van der Waals surface area contributed by atoms with Crippen molar-refractivity contribution in [3.8, 4) is 11.5 Å². The van der Waals surface area contributed by atoms with Crippen molar-refractivity contribution in [1.82, 2.24) is 0 Å². The highest BCUT2D eigenvalue weighted by atomic mass is 16.5. The van der Waals surface area contributed by atoms with Gasteiger partial charge in [-0.25, -0.2) is 0 Å². The van der Waals surface area contributed by atoms with Crippen LogP contribution >= 0.6 is 0 Å². The lowest BCUT2D eigenvalue weighted by atomic mass is 9.72. The summed E-state index contributed by atoms with van der Waals surface area (Å²) in [5.41, 5.74) is 7.50. The van der Waals surface area contributed by atoms with Crippen molar-refractivity contribution in [2.75, 3.05) is 7.11 Å². The van der Waals surface area contributed by atoms with Crippen molar-refractivity contribution in [3.05, 3.63) is 23.8 Å². The highest BCUT2D eigenvalue weighted by Gasteiger charge is 2.42. The molecule has 1 aliphatic heterocycles.